The number of carbonyl (C=O) groups is 2. The van der Waals surface area contributed by atoms with Crippen molar-refractivity contribution in [1.29, 1.82) is 0 Å². The molecule has 29 heavy (non-hydrogen) atoms. The summed E-state index contributed by atoms with van der Waals surface area (Å²) < 4.78 is 13.5. The van der Waals surface area contributed by atoms with Crippen LogP contribution < -0.4 is 5.32 Å². The Balaban J connectivity index is 1.35. The zero-order valence-corrected chi connectivity index (χ0v) is 16.2. The molecule has 2 aromatic rings. The molecule has 0 aliphatic carbocycles. The summed E-state index contributed by atoms with van der Waals surface area (Å²) in [6.45, 7) is 3.68. The average Bonchev–Trinajstić information content (AvgIpc) is 2.73. The van der Waals surface area contributed by atoms with E-state index >= 15 is 0 Å². The highest BCUT2D eigenvalue weighted by Gasteiger charge is 2.34. The number of rotatable bonds is 4. The molecule has 2 amide bonds. The maximum atomic E-state index is 13.5. The molecule has 0 aromatic heterocycles. The smallest absolute Gasteiger partial charge is 0.230 e. The Morgan fingerprint density at radius 2 is 1.86 bits per heavy atom. The van der Waals surface area contributed by atoms with Crippen molar-refractivity contribution in [2.75, 3.05) is 38.0 Å². The molecule has 4 rings (SSSR count). The van der Waals surface area contributed by atoms with Crippen molar-refractivity contribution in [3.05, 3.63) is 71.6 Å². The Morgan fingerprint density at radius 3 is 2.62 bits per heavy atom. The predicted octanol–water partition coefficient (Wildman–Crippen LogP) is 3.11. The van der Waals surface area contributed by atoms with Crippen LogP contribution in [0.3, 0.4) is 0 Å². The normalized spacial score (nSPS) is 19.8. The maximum Gasteiger partial charge on any atom is 0.230 e. The lowest BCUT2D eigenvalue weighted by molar-refractivity contribution is -0.136. The zero-order chi connectivity index (χ0) is 20.2. The molecule has 2 heterocycles. The minimum absolute atomic E-state index is 0.0489. The monoisotopic (exact) mass is 393 g/mol. The van der Waals surface area contributed by atoms with Crippen molar-refractivity contribution in [3.8, 4) is 0 Å². The van der Waals surface area contributed by atoms with Gasteiger partial charge in [-0.05, 0) is 23.3 Å². The van der Waals surface area contributed by atoms with E-state index in [2.05, 4.69) is 34.5 Å². The minimum Gasteiger partial charge on any atom is -0.340 e. The fourth-order valence-corrected chi connectivity index (χ4v) is 3.93. The van der Waals surface area contributed by atoms with E-state index < -0.39 is 11.7 Å². The topological polar surface area (TPSA) is 52.7 Å². The Morgan fingerprint density at radius 1 is 1.10 bits per heavy atom. The second kappa shape index (κ2) is 8.57. The number of amides is 2. The van der Waals surface area contributed by atoms with Gasteiger partial charge in [0.15, 0.2) is 0 Å². The first-order valence-electron chi connectivity index (χ1n) is 9.92. The molecule has 0 spiro atoms. The number of benzene rings is 2. The highest BCUT2D eigenvalue weighted by molar-refractivity contribution is 6.01. The number of carbonyl (C=O) groups excluding carboxylic acids is 2. The van der Waals surface area contributed by atoms with E-state index in [0.29, 0.717) is 24.3 Å². The third kappa shape index (κ3) is 4.54. The molecule has 6 heteroatoms. The van der Waals surface area contributed by atoms with E-state index in [9.17, 15) is 14.0 Å². The number of anilines is 1. The van der Waals surface area contributed by atoms with E-state index in [1.165, 1.54) is 17.7 Å². The Bertz CT molecular complexity index is 921. The molecule has 150 valence electrons. The number of nitrogens with one attached hydrogen (secondary N) is 1. The lowest BCUT2D eigenvalue weighted by atomic mass is 9.89. The molecule has 0 saturated carbocycles. The Kier molecular flexibility index (Phi) is 5.71. The molecule has 2 aromatic carbocycles. The van der Waals surface area contributed by atoms with Crippen molar-refractivity contribution in [2.24, 2.45) is 0 Å². The van der Waals surface area contributed by atoms with Crippen LogP contribution in [-0.4, -0.2) is 54.3 Å². The first-order chi connectivity index (χ1) is 14.1. The van der Waals surface area contributed by atoms with Gasteiger partial charge < -0.3 is 10.2 Å². The summed E-state index contributed by atoms with van der Waals surface area (Å²) in [5.74, 6) is -1.25. The van der Waals surface area contributed by atoms with Gasteiger partial charge in [0.2, 0.25) is 11.8 Å². The molecule has 0 radical (unpaired) electrons. The van der Waals surface area contributed by atoms with Gasteiger partial charge in [0, 0.05) is 44.8 Å². The maximum absolute atomic E-state index is 13.5. The van der Waals surface area contributed by atoms with Gasteiger partial charge in [0.05, 0.1) is 5.92 Å². The minimum atomic E-state index is -0.538. The molecule has 1 atom stereocenters. The predicted molar refractivity (Wildman–Crippen MR) is 111 cm³/mol. The second-order valence-electron chi connectivity index (χ2n) is 7.48. The number of hydrogen-bond donors (Lipinski definition) is 1. The van der Waals surface area contributed by atoms with Crippen LogP contribution in [0.15, 0.2) is 54.6 Å². The van der Waals surface area contributed by atoms with E-state index in [0.717, 1.165) is 19.6 Å². The van der Waals surface area contributed by atoms with Gasteiger partial charge in [-0.2, -0.15) is 0 Å². The Labute approximate surface area is 169 Å². The third-order valence-electron chi connectivity index (χ3n) is 5.51. The van der Waals surface area contributed by atoms with Crippen LogP contribution >= 0.6 is 0 Å². The van der Waals surface area contributed by atoms with Crippen LogP contribution in [0, 0.1) is 5.82 Å². The van der Waals surface area contributed by atoms with Crippen molar-refractivity contribution in [1.82, 2.24) is 9.80 Å². The molecule has 5 nitrogen and oxygen atoms in total. The van der Waals surface area contributed by atoms with Gasteiger partial charge in [0.25, 0.3) is 0 Å². The molecule has 1 unspecified atom stereocenters. The Hall–Kier alpha value is -2.99. The molecule has 1 saturated heterocycles. The SMILES string of the molecule is O=C1CC(C(=O)N2CCN(C/C=C/c3ccccc3)CC2)c2ccc(F)cc2N1. The number of nitrogens with zero attached hydrogens (tertiary/aromatic N) is 2. The molecule has 2 aliphatic heterocycles. The quantitative estimate of drug-likeness (QED) is 0.869. The summed E-state index contributed by atoms with van der Waals surface area (Å²) in [6.07, 6.45) is 4.36. The third-order valence-corrected chi connectivity index (χ3v) is 5.51. The highest BCUT2D eigenvalue weighted by atomic mass is 19.1. The fraction of sp³-hybridized carbons (Fsp3) is 0.304. The van der Waals surface area contributed by atoms with Crippen molar-refractivity contribution >= 4 is 23.6 Å². The first-order valence-corrected chi connectivity index (χ1v) is 9.92. The van der Waals surface area contributed by atoms with Crippen LogP contribution in [0.1, 0.15) is 23.5 Å². The van der Waals surface area contributed by atoms with Gasteiger partial charge in [-0.25, -0.2) is 4.39 Å². The van der Waals surface area contributed by atoms with Crippen LogP contribution in [-0.2, 0) is 9.59 Å². The molecular weight excluding hydrogens is 369 g/mol. The standard InChI is InChI=1S/C23H24FN3O2/c24-18-8-9-19-20(16-22(28)25-21(19)15-18)23(29)27-13-11-26(12-14-27)10-4-7-17-5-2-1-3-6-17/h1-9,15,20H,10-14,16H2,(H,25,28)/b7-4+. The van der Waals surface area contributed by atoms with Gasteiger partial charge >= 0.3 is 0 Å². The van der Waals surface area contributed by atoms with Gasteiger partial charge in [-0.3, -0.25) is 14.5 Å². The highest BCUT2D eigenvalue weighted by Crippen LogP contribution is 2.34. The average molecular weight is 393 g/mol. The largest absolute Gasteiger partial charge is 0.340 e. The van der Waals surface area contributed by atoms with Gasteiger partial charge in [-0.1, -0.05) is 48.6 Å². The number of piperazine rings is 1. The molecular formula is C23H24FN3O2. The molecule has 0 bridgehead atoms. The summed E-state index contributed by atoms with van der Waals surface area (Å²) in [6, 6.07) is 14.4. The van der Waals surface area contributed by atoms with E-state index in [4.69, 9.17) is 0 Å². The van der Waals surface area contributed by atoms with Crippen molar-refractivity contribution < 1.29 is 14.0 Å². The summed E-state index contributed by atoms with van der Waals surface area (Å²) in [5, 5.41) is 2.67. The van der Waals surface area contributed by atoms with Gasteiger partial charge in [0.1, 0.15) is 5.82 Å². The summed E-state index contributed by atoms with van der Waals surface area (Å²) in [4.78, 5) is 29.2. The van der Waals surface area contributed by atoms with E-state index in [1.54, 1.807) is 6.07 Å². The summed E-state index contributed by atoms with van der Waals surface area (Å²) >= 11 is 0. The van der Waals surface area contributed by atoms with E-state index in [-0.39, 0.29) is 18.2 Å². The lowest BCUT2D eigenvalue weighted by Gasteiger charge is -2.37. The van der Waals surface area contributed by atoms with Crippen LogP contribution in [0.4, 0.5) is 10.1 Å². The second-order valence-corrected chi connectivity index (χ2v) is 7.48. The van der Waals surface area contributed by atoms with Crippen molar-refractivity contribution in [3.63, 3.8) is 0 Å². The van der Waals surface area contributed by atoms with Crippen LogP contribution in [0.2, 0.25) is 0 Å². The molecule has 2 aliphatic rings. The van der Waals surface area contributed by atoms with Crippen LogP contribution in [0.25, 0.3) is 6.08 Å². The summed E-state index contributed by atoms with van der Waals surface area (Å²) in [7, 11) is 0. The summed E-state index contributed by atoms with van der Waals surface area (Å²) in [5.41, 5.74) is 2.28. The first kappa shape index (κ1) is 19.3. The lowest BCUT2D eigenvalue weighted by Crippen LogP contribution is -2.50. The van der Waals surface area contributed by atoms with Gasteiger partial charge in [-0.15, -0.1) is 0 Å². The van der Waals surface area contributed by atoms with Crippen molar-refractivity contribution in [2.45, 2.75) is 12.3 Å². The zero-order valence-electron chi connectivity index (χ0n) is 16.2. The number of fused-ring (bicyclic) bond motifs is 1. The number of hydrogen-bond acceptors (Lipinski definition) is 3. The number of halogens is 1. The van der Waals surface area contributed by atoms with Crippen LogP contribution in [0.5, 0.6) is 0 Å². The van der Waals surface area contributed by atoms with E-state index in [1.807, 2.05) is 23.1 Å². The fourth-order valence-electron chi connectivity index (χ4n) is 3.93. The molecule has 1 N–H and O–H groups in total. The molecule has 1 fully saturated rings.